The zero-order chi connectivity index (χ0) is 25.2. The lowest BCUT2D eigenvalue weighted by atomic mass is 10.0. The maximum absolute atomic E-state index is 14.3. The van der Waals surface area contributed by atoms with Gasteiger partial charge in [0, 0.05) is 27.8 Å². The van der Waals surface area contributed by atoms with E-state index < -0.39 is 11.6 Å². The maximum atomic E-state index is 14.3. The van der Waals surface area contributed by atoms with Crippen LogP contribution in [0.3, 0.4) is 0 Å². The van der Waals surface area contributed by atoms with Crippen LogP contribution in [0.5, 0.6) is 0 Å². The molecule has 0 aliphatic carbocycles. The number of hydrogen-bond acceptors (Lipinski definition) is 5. The SMILES string of the molecule is Fc1cccc(F)c1CSc1nnc(-c2cc(-c3ccccc3)nc3ccccc23)n1Cc1ccco1. The summed E-state index contributed by atoms with van der Waals surface area (Å²) in [7, 11) is 0. The lowest BCUT2D eigenvalue weighted by molar-refractivity contribution is 0.485. The van der Waals surface area contributed by atoms with Gasteiger partial charge < -0.3 is 4.42 Å². The van der Waals surface area contributed by atoms with Crippen molar-refractivity contribution < 1.29 is 13.2 Å². The Morgan fingerprint density at radius 1 is 0.811 bits per heavy atom. The van der Waals surface area contributed by atoms with Gasteiger partial charge in [0.05, 0.1) is 24.0 Å². The highest BCUT2D eigenvalue weighted by Gasteiger charge is 2.20. The van der Waals surface area contributed by atoms with Gasteiger partial charge >= 0.3 is 0 Å². The summed E-state index contributed by atoms with van der Waals surface area (Å²) in [5, 5.41) is 10.4. The van der Waals surface area contributed by atoms with Crippen LogP contribution in [0.1, 0.15) is 11.3 Å². The van der Waals surface area contributed by atoms with E-state index >= 15 is 0 Å². The highest BCUT2D eigenvalue weighted by atomic mass is 32.2. The number of furan rings is 1. The number of hydrogen-bond donors (Lipinski definition) is 0. The van der Waals surface area contributed by atoms with Crippen LogP contribution < -0.4 is 0 Å². The normalized spacial score (nSPS) is 11.3. The van der Waals surface area contributed by atoms with Gasteiger partial charge in [0.2, 0.25) is 0 Å². The minimum Gasteiger partial charge on any atom is -0.467 e. The minimum atomic E-state index is -0.586. The zero-order valence-corrected chi connectivity index (χ0v) is 20.3. The predicted octanol–water partition coefficient (Wildman–Crippen LogP) is 7.37. The van der Waals surface area contributed by atoms with Crippen LogP contribution in [0.4, 0.5) is 8.78 Å². The number of rotatable bonds is 7. The molecule has 0 aliphatic rings. The van der Waals surface area contributed by atoms with Crippen LogP contribution in [0.2, 0.25) is 0 Å². The van der Waals surface area contributed by atoms with Gasteiger partial charge in [-0.05, 0) is 36.4 Å². The highest BCUT2D eigenvalue weighted by Crippen LogP contribution is 2.34. The summed E-state index contributed by atoms with van der Waals surface area (Å²) in [5.41, 5.74) is 3.48. The molecule has 6 rings (SSSR count). The highest BCUT2D eigenvalue weighted by molar-refractivity contribution is 7.98. The van der Waals surface area contributed by atoms with Crippen LogP contribution in [0.15, 0.2) is 107 Å². The number of nitrogens with zero attached hydrogens (tertiary/aromatic N) is 4. The molecule has 0 atom stereocenters. The first-order valence-electron chi connectivity index (χ1n) is 11.6. The molecule has 0 saturated heterocycles. The summed E-state index contributed by atoms with van der Waals surface area (Å²) in [6.45, 7) is 0.356. The quantitative estimate of drug-likeness (QED) is 0.210. The van der Waals surface area contributed by atoms with Gasteiger partial charge in [0.25, 0.3) is 0 Å². The molecule has 0 aliphatic heterocycles. The third kappa shape index (κ3) is 4.63. The second-order valence-corrected chi connectivity index (χ2v) is 9.34. The molecule has 5 nitrogen and oxygen atoms in total. The van der Waals surface area contributed by atoms with Crippen LogP contribution in [0.25, 0.3) is 33.5 Å². The first-order chi connectivity index (χ1) is 18.2. The van der Waals surface area contributed by atoms with E-state index in [0.29, 0.717) is 23.3 Å². The lowest BCUT2D eigenvalue weighted by Gasteiger charge is -2.13. The van der Waals surface area contributed by atoms with Gasteiger partial charge in [-0.15, -0.1) is 10.2 Å². The number of para-hydroxylation sites is 1. The molecule has 8 heteroatoms. The number of pyridine rings is 1. The summed E-state index contributed by atoms with van der Waals surface area (Å²) < 4.78 is 36.1. The van der Waals surface area contributed by atoms with Gasteiger partial charge in [0.15, 0.2) is 11.0 Å². The molecule has 0 spiro atoms. The van der Waals surface area contributed by atoms with Crippen molar-refractivity contribution in [2.75, 3.05) is 0 Å². The van der Waals surface area contributed by atoms with Crippen LogP contribution >= 0.6 is 11.8 Å². The fourth-order valence-corrected chi connectivity index (χ4v) is 5.17. The van der Waals surface area contributed by atoms with Gasteiger partial charge in [-0.1, -0.05) is 66.4 Å². The monoisotopic (exact) mass is 510 g/mol. The summed E-state index contributed by atoms with van der Waals surface area (Å²) >= 11 is 1.22. The van der Waals surface area contributed by atoms with E-state index in [4.69, 9.17) is 9.40 Å². The molecule has 3 aromatic carbocycles. The summed E-state index contributed by atoms with van der Waals surface area (Å²) in [6.07, 6.45) is 1.61. The Hall–Kier alpha value is -4.30. The average Bonchev–Trinajstić information content (AvgIpc) is 3.59. The van der Waals surface area contributed by atoms with Crippen molar-refractivity contribution in [2.24, 2.45) is 0 Å². The van der Waals surface area contributed by atoms with Crippen molar-refractivity contribution >= 4 is 22.7 Å². The van der Waals surface area contributed by atoms with Crippen molar-refractivity contribution in [3.8, 4) is 22.6 Å². The molecule has 0 unspecified atom stereocenters. The zero-order valence-electron chi connectivity index (χ0n) is 19.5. The second kappa shape index (κ2) is 9.99. The molecule has 0 saturated carbocycles. The van der Waals surface area contributed by atoms with E-state index in [1.54, 1.807) is 6.26 Å². The fraction of sp³-hybridized carbons (Fsp3) is 0.0690. The van der Waals surface area contributed by atoms with Gasteiger partial charge in [0.1, 0.15) is 17.4 Å². The van der Waals surface area contributed by atoms with Gasteiger partial charge in [-0.25, -0.2) is 13.8 Å². The Morgan fingerprint density at radius 2 is 1.59 bits per heavy atom. The molecule has 3 heterocycles. The van der Waals surface area contributed by atoms with E-state index in [2.05, 4.69) is 10.2 Å². The number of benzene rings is 3. The molecule has 0 N–H and O–H groups in total. The number of halogens is 2. The first-order valence-corrected chi connectivity index (χ1v) is 12.6. The lowest BCUT2D eigenvalue weighted by Crippen LogP contribution is -2.05. The molecule has 3 aromatic heterocycles. The Kier molecular flexibility index (Phi) is 6.24. The maximum Gasteiger partial charge on any atom is 0.192 e. The van der Waals surface area contributed by atoms with E-state index in [9.17, 15) is 8.78 Å². The smallest absolute Gasteiger partial charge is 0.192 e. The van der Waals surface area contributed by atoms with E-state index in [1.807, 2.05) is 77.4 Å². The molecule has 0 amide bonds. The van der Waals surface area contributed by atoms with Crippen molar-refractivity contribution in [3.63, 3.8) is 0 Å². The predicted molar refractivity (Wildman–Crippen MR) is 140 cm³/mol. The van der Waals surface area contributed by atoms with Crippen LogP contribution in [-0.4, -0.2) is 19.7 Å². The summed E-state index contributed by atoms with van der Waals surface area (Å²) in [5.74, 6) is 0.224. The summed E-state index contributed by atoms with van der Waals surface area (Å²) in [4.78, 5) is 4.87. The molecule has 37 heavy (non-hydrogen) atoms. The topological polar surface area (TPSA) is 56.7 Å². The van der Waals surface area contributed by atoms with Crippen LogP contribution in [-0.2, 0) is 12.3 Å². The third-order valence-corrected chi connectivity index (χ3v) is 7.04. The largest absolute Gasteiger partial charge is 0.467 e. The Balaban J connectivity index is 1.48. The molecule has 6 aromatic rings. The van der Waals surface area contributed by atoms with Crippen LogP contribution in [0, 0.1) is 11.6 Å². The second-order valence-electron chi connectivity index (χ2n) is 8.40. The molecular formula is C29H20F2N4OS. The van der Waals surface area contributed by atoms with Gasteiger partial charge in [-0.2, -0.15) is 0 Å². The molecule has 182 valence electrons. The Bertz CT molecular complexity index is 1660. The van der Waals surface area contributed by atoms with Crippen molar-refractivity contribution in [2.45, 2.75) is 17.5 Å². The average molecular weight is 511 g/mol. The molecule has 0 fully saturated rings. The van der Waals surface area contributed by atoms with E-state index in [0.717, 1.165) is 27.7 Å². The fourth-order valence-electron chi connectivity index (χ4n) is 4.22. The molecule has 0 bridgehead atoms. The summed E-state index contributed by atoms with van der Waals surface area (Å²) in [6, 6.07) is 27.4. The number of aromatic nitrogens is 4. The Labute approximate surface area is 215 Å². The molecular weight excluding hydrogens is 490 g/mol. The first kappa shape index (κ1) is 23.1. The third-order valence-electron chi connectivity index (χ3n) is 6.04. The minimum absolute atomic E-state index is 0.00215. The standard InChI is InChI=1S/C29H20F2N4OS/c30-24-12-6-13-25(31)23(24)18-37-29-34-33-28(35(29)17-20-10-7-15-36-20)22-16-27(19-8-2-1-3-9-19)32-26-14-5-4-11-21(22)26/h1-16H,17-18H2. The molecule has 0 radical (unpaired) electrons. The van der Waals surface area contributed by atoms with E-state index in [1.165, 1.54) is 30.0 Å². The van der Waals surface area contributed by atoms with E-state index in [-0.39, 0.29) is 11.3 Å². The number of thioether (sulfide) groups is 1. The van der Waals surface area contributed by atoms with Crippen molar-refractivity contribution in [3.05, 3.63) is 120 Å². The Morgan fingerprint density at radius 3 is 2.38 bits per heavy atom. The van der Waals surface area contributed by atoms with Crippen molar-refractivity contribution in [1.82, 2.24) is 19.7 Å². The van der Waals surface area contributed by atoms with Crippen molar-refractivity contribution in [1.29, 1.82) is 0 Å². The van der Waals surface area contributed by atoms with Gasteiger partial charge in [-0.3, -0.25) is 4.57 Å². The number of fused-ring (bicyclic) bond motifs is 1.